The SMILES string of the molecule is CCC(CC)(C(N)c1ccnn1-c1ccccc1)N(C)C. The Kier molecular flexibility index (Phi) is 4.80. The van der Waals surface area contributed by atoms with Crippen molar-refractivity contribution in [3.8, 4) is 5.69 Å². The molecule has 1 aromatic carbocycles. The van der Waals surface area contributed by atoms with Gasteiger partial charge in [-0.2, -0.15) is 5.10 Å². The zero-order chi connectivity index (χ0) is 15.5. The molecule has 0 aliphatic carbocycles. The van der Waals surface area contributed by atoms with Crippen LogP contribution in [0.4, 0.5) is 0 Å². The average Bonchev–Trinajstić information content (AvgIpc) is 2.98. The van der Waals surface area contributed by atoms with E-state index < -0.39 is 0 Å². The van der Waals surface area contributed by atoms with Gasteiger partial charge < -0.3 is 10.6 Å². The van der Waals surface area contributed by atoms with Gasteiger partial charge in [-0.05, 0) is 45.1 Å². The van der Waals surface area contributed by atoms with E-state index in [-0.39, 0.29) is 11.6 Å². The highest BCUT2D eigenvalue weighted by atomic mass is 15.3. The fourth-order valence-electron chi connectivity index (χ4n) is 3.21. The Morgan fingerprint density at radius 2 is 1.76 bits per heavy atom. The smallest absolute Gasteiger partial charge is 0.0658 e. The summed E-state index contributed by atoms with van der Waals surface area (Å²) < 4.78 is 1.95. The molecule has 4 nitrogen and oxygen atoms in total. The van der Waals surface area contributed by atoms with Gasteiger partial charge in [0.15, 0.2) is 0 Å². The molecular weight excluding hydrogens is 260 g/mol. The highest BCUT2D eigenvalue weighted by molar-refractivity contribution is 5.34. The predicted octanol–water partition coefficient (Wildman–Crippen LogP) is 2.99. The third-order valence-corrected chi connectivity index (χ3v) is 4.69. The van der Waals surface area contributed by atoms with Crippen LogP contribution in [0.5, 0.6) is 0 Å². The minimum absolute atomic E-state index is 0.0629. The summed E-state index contributed by atoms with van der Waals surface area (Å²) in [5.41, 5.74) is 8.72. The van der Waals surface area contributed by atoms with Crippen molar-refractivity contribution in [1.29, 1.82) is 0 Å². The maximum atomic E-state index is 6.68. The molecule has 0 saturated heterocycles. The molecule has 0 aliphatic rings. The van der Waals surface area contributed by atoms with Gasteiger partial charge in [0.1, 0.15) is 0 Å². The number of likely N-dealkylation sites (N-methyl/N-ethyl adjacent to an activating group) is 1. The molecule has 21 heavy (non-hydrogen) atoms. The van der Waals surface area contributed by atoms with E-state index in [1.54, 1.807) is 0 Å². The molecule has 4 heteroatoms. The van der Waals surface area contributed by atoms with Gasteiger partial charge in [-0.15, -0.1) is 0 Å². The number of aromatic nitrogens is 2. The standard InChI is InChI=1S/C17H26N4/c1-5-17(6-2,20(3)4)16(18)15-12-13-19-21(15)14-10-8-7-9-11-14/h7-13,16H,5-6,18H2,1-4H3. The van der Waals surface area contributed by atoms with Crippen molar-refractivity contribution in [2.24, 2.45) is 5.73 Å². The van der Waals surface area contributed by atoms with Crippen LogP contribution < -0.4 is 5.73 Å². The molecule has 2 rings (SSSR count). The van der Waals surface area contributed by atoms with E-state index in [0.717, 1.165) is 24.2 Å². The first-order chi connectivity index (χ1) is 10.1. The van der Waals surface area contributed by atoms with Gasteiger partial charge in [-0.3, -0.25) is 0 Å². The monoisotopic (exact) mass is 286 g/mol. The van der Waals surface area contributed by atoms with Crippen molar-refractivity contribution >= 4 is 0 Å². The molecule has 1 heterocycles. The Morgan fingerprint density at radius 1 is 1.14 bits per heavy atom. The third-order valence-electron chi connectivity index (χ3n) is 4.69. The molecule has 1 atom stereocenters. The quantitative estimate of drug-likeness (QED) is 0.888. The van der Waals surface area contributed by atoms with Crippen LogP contribution in [0.15, 0.2) is 42.6 Å². The van der Waals surface area contributed by atoms with Crippen molar-refractivity contribution in [3.63, 3.8) is 0 Å². The number of hydrogen-bond acceptors (Lipinski definition) is 3. The first-order valence-electron chi connectivity index (χ1n) is 7.59. The lowest BCUT2D eigenvalue weighted by Crippen LogP contribution is -2.52. The summed E-state index contributed by atoms with van der Waals surface area (Å²) in [5, 5.41) is 4.47. The molecular formula is C17H26N4. The van der Waals surface area contributed by atoms with Crippen LogP contribution in [0, 0.1) is 0 Å². The maximum absolute atomic E-state index is 6.68. The average molecular weight is 286 g/mol. The minimum Gasteiger partial charge on any atom is -0.321 e. The van der Waals surface area contributed by atoms with Crippen molar-refractivity contribution < 1.29 is 0 Å². The highest BCUT2D eigenvalue weighted by Gasteiger charge is 2.38. The van der Waals surface area contributed by atoms with E-state index in [0.29, 0.717) is 0 Å². The summed E-state index contributed by atoms with van der Waals surface area (Å²) >= 11 is 0. The normalized spacial score (nSPS) is 13.6. The number of nitrogens with zero attached hydrogens (tertiary/aromatic N) is 3. The van der Waals surface area contributed by atoms with Crippen molar-refractivity contribution in [2.45, 2.75) is 38.3 Å². The predicted molar refractivity (Wildman–Crippen MR) is 87.5 cm³/mol. The van der Waals surface area contributed by atoms with E-state index in [9.17, 15) is 0 Å². The van der Waals surface area contributed by atoms with Crippen LogP contribution in [-0.2, 0) is 0 Å². The summed E-state index contributed by atoms with van der Waals surface area (Å²) in [6, 6.07) is 12.1. The van der Waals surface area contributed by atoms with Gasteiger partial charge in [0.05, 0.1) is 17.4 Å². The highest BCUT2D eigenvalue weighted by Crippen LogP contribution is 2.34. The molecule has 0 aliphatic heterocycles. The van der Waals surface area contributed by atoms with Gasteiger partial charge in [0.2, 0.25) is 0 Å². The van der Waals surface area contributed by atoms with Gasteiger partial charge in [-0.1, -0.05) is 32.0 Å². The van der Waals surface area contributed by atoms with Gasteiger partial charge in [0.25, 0.3) is 0 Å². The Bertz CT molecular complexity index is 555. The van der Waals surface area contributed by atoms with Gasteiger partial charge >= 0.3 is 0 Å². The molecule has 0 bridgehead atoms. The zero-order valence-electron chi connectivity index (χ0n) is 13.5. The summed E-state index contributed by atoms with van der Waals surface area (Å²) in [6.45, 7) is 4.40. The third kappa shape index (κ3) is 2.74. The second-order valence-electron chi connectivity index (χ2n) is 5.69. The Morgan fingerprint density at radius 3 is 2.29 bits per heavy atom. The minimum atomic E-state index is -0.0924. The summed E-state index contributed by atoms with van der Waals surface area (Å²) in [5.74, 6) is 0. The summed E-state index contributed by atoms with van der Waals surface area (Å²) in [4.78, 5) is 2.25. The number of rotatable bonds is 6. The van der Waals surface area contributed by atoms with Crippen LogP contribution in [0.2, 0.25) is 0 Å². The van der Waals surface area contributed by atoms with Crippen molar-refractivity contribution in [1.82, 2.24) is 14.7 Å². The lowest BCUT2D eigenvalue weighted by Gasteiger charge is -2.43. The van der Waals surface area contributed by atoms with E-state index >= 15 is 0 Å². The largest absolute Gasteiger partial charge is 0.321 e. The van der Waals surface area contributed by atoms with Crippen LogP contribution >= 0.6 is 0 Å². The molecule has 0 amide bonds. The topological polar surface area (TPSA) is 47.1 Å². The van der Waals surface area contributed by atoms with Gasteiger partial charge in [0, 0.05) is 11.7 Å². The van der Waals surface area contributed by atoms with Crippen molar-refractivity contribution in [3.05, 3.63) is 48.3 Å². The number of nitrogens with two attached hydrogens (primary N) is 1. The maximum Gasteiger partial charge on any atom is 0.0658 e. The Hall–Kier alpha value is -1.65. The first-order valence-corrected chi connectivity index (χ1v) is 7.59. The summed E-state index contributed by atoms with van der Waals surface area (Å²) in [6.07, 6.45) is 3.82. The molecule has 2 N–H and O–H groups in total. The van der Waals surface area contributed by atoms with Crippen LogP contribution in [0.3, 0.4) is 0 Å². The molecule has 1 aromatic heterocycles. The Labute approximate surface area is 127 Å². The second kappa shape index (κ2) is 6.41. The molecule has 0 fully saturated rings. The number of benzene rings is 1. The fourth-order valence-corrected chi connectivity index (χ4v) is 3.21. The van der Waals surface area contributed by atoms with E-state index in [4.69, 9.17) is 5.73 Å². The Balaban J connectivity index is 2.45. The van der Waals surface area contributed by atoms with E-state index in [2.05, 4.69) is 50.1 Å². The number of para-hydroxylation sites is 1. The first kappa shape index (κ1) is 15.7. The fraction of sp³-hybridized carbons (Fsp3) is 0.471. The lowest BCUT2D eigenvalue weighted by molar-refractivity contribution is 0.103. The van der Waals surface area contributed by atoms with E-state index in [1.165, 1.54) is 0 Å². The van der Waals surface area contributed by atoms with Crippen LogP contribution in [0.1, 0.15) is 38.4 Å². The molecule has 0 spiro atoms. The molecule has 0 radical (unpaired) electrons. The lowest BCUT2D eigenvalue weighted by atomic mass is 9.82. The van der Waals surface area contributed by atoms with Crippen LogP contribution in [-0.4, -0.2) is 34.3 Å². The second-order valence-corrected chi connectivity index (χ2v) is 5.69. The molecule has 2 aromatic rings. The van der Waals surface area contributed by atoms with Crippen molar-refractivity contribution in [2.75, 3.05) is 14.1 Å². The molecule has 1 unspecified atom stereocenters. The van der Waals surface area contributed by atoms with Gasteiger partial charge in [-0.25, -0.2) is 4.68 Å². The van der Waals surface area contributed by atoms with Crippen LogP contribution in [0.25, 0.3) is 5.69 Å². The summed E-state index contributed by atoms with van der Waals surface area (Å²) in [7, 11) is 4.21. The molecule has 0 saturated carbocycles. The molecule has 114 valence electrons. The zero-order valence-corrected chi connectivity index (χ0v) is 13.5. The number of hydrogen-bond donors (Lipinski definition) is 1. The van der Waals surface area contributed by atoms with E-state index in [1.807, 2.05) is 35.1 Å².